The third-order valence-electron chi connectivity index (χ3n) is 4.08. The first-order valence-corrected chi connectivity index (χ1v) is 7.55. The maximum absolute atomic E-state index is 12.5. The number of ether oxygens (including phenoxy) is 1. The summed E-state index contributed by atoms with van der Waals surface area (Å²) >= 11 is 0. The van der Waals surface area contributed by atoms with Crippen molar-refractivity contribution in [3.63, 3.8) is 0 Å². The zero-order valence-corrected chi connectivity index (χ0v) is 11.9. The van der Waals surface area contributed by atoms with Crippen molar-refractivity contribution in [1.82, 2.24) is 5.32 Å². The molecular weight excluding hydrogens is 252 g/mol. The minimum atomic E-state index is 0.00250. The molecule has 1 aromatic carbocycles. The van der Waals surface area contributed by atoms with Crippen LogP contribution in [0.2, 0.25) is 0 Å². The Bertz CT molecular complexity index is 485. The highest BCUT2D eigenvalue weighted by Gasteiger charge is 2.41. The van der Waals surface area contributed by atoms with Crippen LogP contribution in [0.25, 0.3) is 0 Å². The quantitative estimate of drug-likeness (QED) is 0.867. The molecule has 1 aromatic rings. The number of nitrogens with one attached hydrogen (secondary N) is 2. The highest BCUT2D eigenvalue weighted by Crippen LogP contribution is 2.38. The molecule has 1 saturated carbocycles. The predicted molar refractivity (Wildman–Crippen MR) is 78.9 cm³/mol. The van der Waals surface area contributed by atoms with E-state index in [1.165, 1.54) is 12.8 Å². The molecule has 4 nitrogen and oxygen atoms in total. The van der Waals surface area contributed by atoms with Gasteiger partial charge < -0.3 is 15.4 Å². The normalized spacial score (nSPS) is 25.4. The standard InChI is InChI=1S/C16H22N2O2/c1-2-17-13-6-4-3-5-12(13)16(19)18-14-9-10-20-15(14)11-7-8-11/h3-6,11,14-15,17H,2,7-10H2,1H3,(H,18,19). The van der Waals surface area contributed by atoms with Crippen LogP contribution in [0.1, 0.15) is 36.5 Å². The van der Waals surface area contributed by atoms with Crippen LogP contribution < -0.4 is 10.6 Å². The molecule has 2 N–H and O–H groups in total. The Morgan fingerprint density at radius 1 is 1.30 bits per heavy atom. The highest BCUT2D eigenvalue weighted by atomic mass is 16.5. The van der Waals surface area contributed by atoms with Crippen molar-refractivity contribution in [1.29, 1.82) is 0 Å². The van der Waals surface area contributed by atoms with E-state index in [0.29, 0.717) is 5.92 Å². The minimum absolute atomic E-state index is 0.00250. The second-order valence-corrected chi connectivity index (χ2v) is 5.62. The van der Waals surface area contributed by atoms with E-state index in [1.54, 1.807) is 0 Å². The van der Waals surface area contributed by atoms with Crippen molar-refractivity contribution in [2.45, 2.75) is 38.3 Å². The van der Waals surface area contributed by atoms with Crippen LogP contribution in [0.5, 0.6) is 0 Å². The summed E-state index contributed by atoms with van der Waals surface area (Å²) in [6.45, 7) is 3.60. The smallest absolute Gasteiger partial charge is 0.253 e. The minimum Gasteiger partial charge on any atom is -0.385 e. The van der Waals surface area contributed by atoms with E-state index >= 15 is 0 Å². The molecule has 1 saturated heterocycles. The Balaban J connectivity index is 1.69. The molecule has 1 amide bonds. The first-order chi connectivity index (χ1) is 9.79. The average molecular weight is 274 g/mol. The molecule has 108 valence electrons. The second kappa shape index (κ2) is 5.83. The first kappa shape index (κ1) is 13.4. The van der Waals surface area contributed by atoms with Crippen LogP contribution in [-0.2, 0) is 4.74 Å². The number of amides is 1. The van der Waals surface area contributed by atoms with E-state index < -0.39 is 0 Å². The van der Waals surface area contributed by atoms with Gasteiger partial charge in [-0.3, -0.25) is 4.79 Å². The summed E-state index contributed by atoms with van der Waals surface area (Å²) in [6, 6.07) is 7.83. The van der Waals surface area contributed by atoms with E-state index in [1.807, 2.05) is 31.2 Å². The van der Waals surface area contributed by atoms with Crippen LogP contribution in [0.3, 0.4) is 0 Å². The van der Waals surface area contributed by atoms with Gasteiger partial charge in [0.25, 0.3) is 5.91 Å². The lowest BCUT2D eigenvalue weighted by molar-refractivity contribution is 0.0730. The van der Waals surface area contributed by atoms with Crippen molar-refractivity contribution in [2.75, 3.05) is 18.5 Å². The van der Waals surface area contributed by atoms with E-state index in [2.05, 4.69) is 10.6 Å². The predicted octanol–water partition coefficient (Wildman–Crippen LogP) is 2.42. The van der Waals surface area contributed by atoms with E-state index in [4.69, 9.17) is 4.74 Å². The lowest BCUT2D eigenvalue weighted by Crippen LogP contribution is -2.41. The molecule has 0 bridgehead atoms. The van der Waals surface area contributed by atoms with Gasteiger partial charge in [0, 0.05) is 18.8 Å². The van der Waals surface area contributed by atoms with E-state index in [0.717, 1.165) is 30.8 Å². The monoisotopic (exact) mass is 274 g/mol. The molecule has 3 rings (SSSR count). The topological polar surface area (TPSA) is 50.4 Å². The molecule has 0 aromatic heterocycles. The molecule has 20 heavy (non-hydrogen) atoms. The third kappa shape index (κ3) is 2.80. The summed E-state index contributed by atoms with van der Waals surface area (Å²) < 4.78 is 5.77. The van der Waals surface area contributed by atoms with Crippen molar-refractivity contribution in [3.8, 4) is 0 Å². The van der Waals surface area contributed by atoms with Gasteiger partial charge in [-0.25, -0.2) is 0 Å². The van der Waals surface area contributed by atoms with Crippen LogP contribution in [0, 0.1) is 5.92 Å². The van der Waals surface area contributed by atoms with Gasteiger partial charge in [0.2, 0.25) is 0 Å². The number of hydrogen-bond acceptors (Lipinski definition) is 3. The number of para-hydroxylation sites is 1. The van der Waals surface area contributed by atoms with Crippen molar-refractivity contribution in [3.05, 3.63) is 29.8 Å². The third-order valence-corrected chi connectivity index (χ3v) is 4.08. The summed E-state index contributed by atoms with van der Waals surface area (Å²) in [5.74, 6) is 0.662. The highest BCUT2D eigenvalue weighted by molar-refractivity contribution is 5.99. The Hall–Kier alpha value is -1.55. The zero-order valence-electron chi connectivity index (χ0n) is 11.9. The Morgan fingerprint density at radius 2 is 2.10 bits per heavy atom. The van der Waals surface area contributed by atoms with Crippen LogP contribution >= 0.6 is 0 Å². The van der Waals surface area contributed by atoms with Gasteiger partial charge in [-0.1, -0.05) is 12.1 Å². The lowest BCUT2D eigenvalue weighted by atomic mass is 10.1. The van der Waals surface area contributed by atoms with Gasteiger partial charge in [0.15, 0.2) is 0 Å². The van der Waals surface area contributed by atoms with E-state index in [9.17, 15) is 4.79 Å². The maximum Gasteiger partial charge on any atom is 0.253 e. The van der Waals surface area contributed by atoms with Gasteiger partial charge in [-0.2, -0.15) is 0 Å². The number of anilines is 1. The summed E-state index contributed by atoms with van der Waals surface area (Å²) in [7, 11) is 0. The molecule has 1 aliphatic carbocycles. The molecule has 2 aliphatic rings. The molecule has 2 unspecified atom stereocenters. The fourth-order valence-electron chi connectivity index (χ4n) is 2.93. The van der Waals surface area contributed by atoms with Crippen LogP contribution in [0.4, 0.5) is 5.69 Å². The SMILES string of the molecule is CCNc1ccccc1C(=O)NC1CCOC1C1CC1. The molecule has 0 radical (unpaired) electrons. The first-order valence-electron chi connectivity index (χ1n) is 7.55. The molecule has 1 aliphatic heterocycles. The number of rotatable bonds is 5. The number of benzene rings is 1. The fraction of sp³-hybridized carbons (Fsp3) is 0.562. The molecular formula is C16H22N2O2. The Labute approximate surface area is 119 Å². The van der Waals surface area contributed by atoms with Crippen molar-refractivity contribution in [2.24, 2.45) is 5.92 Å². The molecule has 0 spiro atoms. The molecule has 2 fully saturated rings. The average Bonchev–Trinajstić information content (AvgIpc) is 3.20. The van der Waals surface area contributed by atoms with Crippen LogP contribution in [0.15, 0.2) is 24.3 Å². The van der Waals surface area contributed by atoms with Gasteiger partial charge in [0.1, 0.15) is 0 Å². The fourth-order valence-corrected chi connectivity index (χ4v) is 2.93. The lowest BCUT2D eigenvalue weighted by Gasteiger charge is -2.20. The summed E-state index contributed by atoms with van der Waals surface area (Å²) in [5, 5.41) is 6.40. The number of carbonyl (C=O) groups excluding carboxylic acids is 1. The summed E-state index contributed by atoms with van der Waals surface area (Å²) in [5.41, 5.74) is 1.62. The molecule has 4 heteroatoms. The van der Waals surface area contributed by atoms with Crippen molar-refractivity contribution >= 4 is 11.6 Å². The Kier molecular flexibility index (Phi) is 3.92. The van der Waals surface area contributed by atoms with Gasteiger partial charge >= 0.3 is 0 Å². The number of carbonyl (C=O) groups is 1. The zero-order chi connectivity index (χ0) is 13.9. The molecule has 1 heterocycles. The van der Waals surface area contributed by atoms with Gasteiger partial charge in [0.05, 0.1) is 17.7 Å². The molecule has 2 atom stereocenters. The van der Waals surface area contributed by atoms with Crippen molar-refractivity contribution < 1.29 is 9.53 Å². The summed E-state index contributed by atoms with van der Waals surface area (Å²) in [4.78, 5) is 12.5. The van der Waals surface area contributed by atoms with E-state index in [-0.39, 0.29) is 18.1 Å². The second-order valence-electron chi connectivity index (χ2n) is 5.62. The van der Waals surface area contributed by atoms with Gasteiger partial charge in [-0.15, -0.1) is 0 Å². The Morgan fingerprint density at radius 3 is 2.85 bits per heavy atom. The van der Waals surface area contributed by atoms with Gasteiger partial charge in [-0.05, 0) is 44.2 Å². The summed E-state index contributed by atoms with van der Waals surface area (Å²) in [6.07, 6.45) is 3.64. The largest absolute Gasteiger partial charge is 0.385 e. The maximum atomic E-state index is 12.5. The number of hydrogen-bond donors (Lipinski definition) is 2. The van der Waals surface area contributed by atoms with Crippen LogP contribution in [-0.4, -0.2) is 31.2 Å².